The molecule has 21 heavy (non-hydrogen) atoms. The maximum absolute atomic E-state index is 12.4. The van der Waals surface area contributed by atoms with E-state index in [1.807, 2.05) is 0 Å². The molecule has 1 rings (SSSR count). The minimum atomic E-state index is -3.21. The fourth-order valence-electron chi connectivity index (χ4n) is 2.46. The Labute approximate surface area is 126 Å². The van der Waals surface area contributed by atoms with Gasteiger partial charge in [-0.05, 0) is 33.6 Å². The fraction of sp³-hybridized carbons (Fsp3) is 0.846. The Hall–Kier alpha value is -1.15. The number of carbonyl (C=O) groups excluding carboxylic acids is 1. The lowest BCUT2D eigenvalue weighted by atomic mass is 9.96. The molecule has 0 atom stereocenters. The molecule has 0 radical (unpaired) electrons. The van der Waals surface area contributed by atoms with Crippen molar-refractivity contribution in [3.63, 3.8) is 0 Å². The first-order valence-electron chi connectivity index (χ1n) is 7.19. The van der Waals surface area contributed by atoms with Gasteiger partial charge in [-0.2, -0.15) is 0 Å². The van der Waals surface area contributed by atoms with Crippen LogP contribution in [0.25, 0.3) is 0 Å². The number of hydrogen-bond acceptors (Lipinski definition) is 4. The van der Waals surface area contributed by atoms with Crippen LogP contribution in [0.5, 0.6) is 0 Å². The molecule has 122 valence electrons. The Kier molecular flexibility index (Phi) is 6.15. The highest BCUT2D eigenvalue weighted by Gasteiger charge is 2.33. The molecular formula is C13H24N2O5S. The van der Waals surface area contributed by atoms with Crippen LogP contribution in [0.15, 0.2) is 0 Å². The van der Waals surface area contributed by atoms with Crippen molar-refractivity contribution in [3.05, 3.63) is 0 Å². The Morgan fingerprint density at radius 2 is 1.81 bits per heavy atom. The molecule has 1 saturated heterocycles. The number of rotatable bonds is 6. The van der Waals surface area contributed by atoms with Gasteiger partial charge in [-0.25, -0.2) is 12.7 Å². The topological polar surface area (TPSA) is 95.0 Å². The number of sulfonamides is 1. The van der Waals surface area contributed by atoms with Gasteiger partial charge in [0.2, 0.25) is 15.9 Å². The van der Waals surface area contributed by atoms with Crippen molar-refractivity contribution in [3.8, 4) is 0 Å². The number of carboxylic acids is 1. The Morgan fingerprint density at radius 3 is 2.19 bits per heavy atom. The zero-order valence-corrected chi connectivity index (χ0v) is 13.6. The maximum atomic E-state index is 12.4. The van der Waals surface area contributed by atoms with Gasteiger partial charge >= 0.3 is 5.97 Å². The molecule has 1 aliphatic heterocycles. The second kappa shape index (κ2) is 7.22. The first-order chi connectivity index (χ1) is 9.69. The quantitative estimate of drug-likeness (QED) is 0.763. The van der Waals surface area contributed by atoms with Crippen LogP contribution in [0.2, 0.25) is 0 Å². The van der Waals surface area contributed by atoms with E-state index in [-0.39, 0.29) is 30.2 Å². The van der Waals surface area contributed by atoms with Crippen molar-refractivity contribution in [2.75, 3.05) is 25.4 Å². The number of hydrogen-bond donors (Lipinski definition) is 1. The van der Waals surface area contributed by atoms with Gasteiger partial charge < -0.3 is 10.0 Å². The van der Waals surface area contributed by atoms with E-state index in [2.05, 4.69) is 0 Å². The van der Waals surface area contributed by atoms with E-state index in [0.29, 0.717) is 25.9 Å². The molecule has 1 heterocycles. The SMILES string of the molecule is CCS(=O)(=O)N1CCC(C(=O)N(CC(=O)O)C(C)C)CC1. The number of aliphatic carboxylic acids is 1. The molecule has 1 fully saturated rings. The van der Waals surface area contributed by atoms with E-state index in [1.54, 1.807) is 20.8 Å². The number of piperidine rings is 1. The predicted octanol–water partition coefficient (Wildman–Crippen LogP) is 0.370. The van der Waals surface area contributed by atoms with Gasteiger partial charge in [-0.3, -0.25) is 9.59 Å². The molecule has 0 aliphatic carbocycles. The average Bonchev–Trinajstić information content (AvgIpc) is 2.43. The summed E-state index contributed by atoms with van der Waals surface area (Å²) in [5.41, 5.74) is 0. The third-order valence-corrected chi connectivity index (χ3v) is 5.65. The van der Waals surface area contributed by atoms with Crippen LogP contribution < -0.4 is 0 Å². The van der Waals surface area contributed by atoms with Crippen LogP contribution in [-0.2, 0) is 19.6 Å². The highest BCUT2D eigenvalue weighted by atomic mass is 32.2. The molecule has 0 aromatic carbocycles. The largest absolute Gasteiger partial charge is 0.480 e. The molecular weight excluding hydrogens is 296 g/mol. The van der Waals surface area contributed by atoms with E-state index in [4.69, 9.17) is 5.11 Å². The number of carboxylic acid groups (broad SMARTS) is 1. The second-order valence-corrected chi connectivity index (χ2v) is 7.79. The van der Waals surface area contributed by atoms with Gasteiger partial charge in [-0.15, -0.1) is 0 Å². The van der Waals surface area contributed by atoms with E-state index in [0.717, 1.165) is 0 Å². The summed E-state index contributed by atoms with van der Waals surface area (Å²) < 4.78 is 25.0. The van der Waals surface area contributed by atoms with Crippen molar-refractivity contribution < 1.29 is 23.1 Å². The molecule has 0 aromatic heterocycles. The monoisotopic (exact) mass is 320 g/mol. The maximum Gasteiger partial charge on any atom is 0.323 e. The molecule has 7 nitrogen and oxygen atoms in total. The summed E-state index contributed by atoms with van der Waals surface area (Å²) in [6.07, 6.45) is 0.891. The van der Waals surface area contributed by atoms with Crippen LogP contribution in [0.3, 0.4) is 0 Å². The molecule has 1 aliphatic rings. The molecule has 0 spiro atoms. The Morgan fingerprint density at radius 1 is 1.29 bits per heavy atom. The highest BCUT2D eigenvalue weighted by molar-refractivity contribution is 7.89. The summed E-state index contributed by atoms with van der Waals surface area (Å²) >= 11 is 0. The molecule has 0 aromatic rings. The second-order valence-electron chi connectivity index (χ2n) is 5.53. The molecule has 0 unspecified atom stereocenters. The van der Waals surface area contributed by atoms with Crippen molar-refractivity contribution >= 4 is 21.9 Å². The smallest absolute Gasteiger partial charge is 0.323 e. The van der Waals surface area contributed by atoms with Crippen molar-refractivity contribution in [2.45, 2.75) is 39.7 Å². The van der Waals surface area contributed by atoms with E-state index >= 15 is 0 Å². The summed E-state index contributed by atoms with van der Waals surface area (Å²) in [7, 11) is -3.21. The van der Waals surface area contributed by atoms with E-state index < -0.39 is 16.0 Å². The Bertz CT molecular complexity index is 481. The van der Waals surface area contributed by atoms with Crippen molar-refractivity contribution in [2.24, 2.45) is 5.92 Å². The number of nitrogens with zero attached hydrogens (tertiary/aromatic N) is 2. The fourth-order valence-corrected chi connectivity index (χ4v) is 3.59. The van der Waals surface area contributed by atoms with Crippen molar-refractivity contribution in [1.29, 1.82) is 0 Å². The summed E-state index contributed by atoms with van der Waals surface area (Å²) in [5, 5.41) is 8.88. The highest BCUT2D eigenvalue weighted by Crippen LogP contribution is 2.22. The van der Waals surface area contributed by atoms with Gasteiger partial charge in [0.1, 0.15) is 6.54 Å². The van der Waals surface area contributed by atoms with Crippen LogP contribution in [0.1, 0.15) is 33.6 Å². The lowest BCUT2D eigenvalue weighted by Gasteiger charge is -2.34. The van der Waals surface area contributed by atoms with Crippen LogP contribution >= 0.6 is 0 Å². The third kappa shape index (κ3) is 4.67. The molecule has 1 N–H and O–H groups in total. The zero-order valence-electron chi connectivity index (χ0n) is 12.8. The summed E-state index contributed by atoms with van der Waals surface area (Å²) in [6.45, 7) is 5.48. The van der Waals surface area contributed by atoms with E-state index in [9.17, 15) is 18.0 Å². The van der Waals surface area contributed by atoms with Gasteiger partial charge in [0.25, 0.3) is 0 Å². The Balaban J connectivity index is 2.68. The van der Waals surface area contributed by atoms with Gasteiger partial charge in [0.05, 0.1) is 5.75 Å². The van der Waals surface area contributed by atoms with Crippen LogP contribution in [-0.4, -0.2) is 66.0 Å². The summed E-state index contributed by atoms with van der Waals surface area (Å²) in [5.74, 6) is -1.47. The predicted molar refractivity (Wildman–Crippen MR) is 78.2 cm³/mol. The van der Waals surface area contributed by atoms with E-state index in [1.165, 1.54) is 9.21 Å². The lowest BCUT2D eigenvalue weighted by molar-refractivity contribution is -0.148. The first-order valence-corrected chi connectivity index (χ1v) is 8.80. The average molecular weight is 320 g/mol. The van der Waals surface area contributed by atoms with Gasteiger partial charge in [-0.1, -0.05) is 0 Å². The lowest BCUT2D eigenvalue weighted by Crippen LogP contribution is -2.48. The van der Waals surface area contributed by atoms with Crippen LogP contribution in [0.4, 0.5) is 0 Å². The molecule has 1 amide bonds. The van der Waals surface area contributed by atoms with Gasteiger partial charge in [0, 0.05) is 25.0 Å². The third-order valence-electron chi connectivity index (χ3n) is 3.77. The number of carbonyl (C=O) groups is 2. The minimum Gasteiger partial charge on any atom is -0.480 e. The standard InChI is InChI=1S/C13H24N2O5S/c1-4-21(19,20)14-7-5-11(6-8-14)13(18)15(10(2)3)9-12(16)17/h10-11H,4-9H2,1-3H3,(H,16,17). The molecule has 0 saturated carbocycles. The summed E-state index contributed by atoms with van der Waals surface area (Å²) in [4.78, 5) is 24.6. The van der Waals surface area contributed by atoms with Gasteiger partial charge in [0.15, 0.2) is 0 Å². The van der Waals surface area contributed by atoms with Crippen LogP contribution in [0, 0.1) is 5.92 Å². The number of amides is 1. The molecule has 8 heteroatoms. The first kappa shape index (κ1) is 17.9. The molecule has 0 bridgehead atoms. The minimum absolute atomic E-state index is 0.0583. The van der Waals surface area contributed by atoms with Crippen molar-refractivity contribution in [1.82, 2.24) is 9.21 Å². The normalized spacial score (nSPS) is 17.9. The zero-order chi connectivity index (χ0) is 16.2. The summed E-state index contributed by atoms with van der Waals surface area (Å²) in [6, 6.07) is -0.189.